The predicted octanol–water partition coefficient (Wildman–Crippen LogP) is 3.20. The van der Waals surface area contributed by atoms with E-state index in [1.54, 1.807) is 0 Å². The van der Waals surface area contributed by atoms with Crippen LogP contribution in [0.2, 0.25) is 0 Å². The zero-order chi connectivity index (χ0) is 9.10. The van der Waals surface area contributed by atoms with Crippen LogP contribution in [0.3, 0.4) is 0 Å². The van der Waals surface area contributed by atoms with Gasteiger partial charge in [-0.05, 0) is 12.1 Å². The first kappa shape index (κ1) is 8.11. The first-order valence-corrected chi connectivity index (χ1v) is 4.58. The van der Waals surface area contributed by atoms with Crippen LogP contribution >= 0.6 is 0 Å². The Morgan fingerprint density at radius 2 is 2.23 bits per heavy atom. The van der Waals surface area contributed by atoms with E-state index in [4.69, 9.17) is 0 Å². The first-order chi connectivity index (χ1) is 6.40. The molecule has 1 heterocycles. The minimum Gasteiger partial charge on any atom is -0.254 e. The van der Waals surface area contributed by atoms with E-state index in [9.17, 15) is 0 Å². The molecule has 13 heavy (non-hydrogen) atoms. The fourth-order valence-corrected chi connectivity index (χ4v) is 1.46. The number of hydrogen-bond acceptors (Lipinski definition) is 1. The molecule has 0 spiro atoms. The van der Waals surface area contributed by atoms with E-state index in [2.05, 4.69) is 42.6 Å². The van der Waals surface area contributed by atoms with Crippen molar-refractivity contribution >= 4 is 10.9 Å². The fraction of sp³-hybridized carbons (Fsp3) is 0.167. The Labute approximate surface area is 78.4 Å². The van der Waals surface area contributed by atoms with E-state index >= 15 is 0 Å². The molecule has 0 aliphatic rings. The van der Waals surface area contributed by atoms with Crippen molar-refractivity contribution in [1.29, 1.82) is 0 Å². The Balaban J connectivity index is 2.49. The van der Waals surface area contributed by atoms with Gasteiger partial charge in [-0.25, -0.2) is 0 Å². The number of rotatable bonds is 2. The molecule has 0 N–H and O–H groups in total. The van der Waals surface area contributed by atoms with Crippen LogP contribution in [0, 0.1) is 6.42 Å². The second kappa shape index (κ2) is 3.48. The normalized spacial score (nSPS) is 10.2. The average Bonchev–Trinajstić information content (AvgIpc) is 2.18. The highest BCUT2D eigenvalue weighted by molar-refractivity contribution is 5.79. The van der Waals surface area contributed by atoms with Gasteiger partial charge in [0.2, 0.25) is 0 Å². The Morgan fingerprint density at radius 1 is 1.31 bits per heavy atom. The zero-order valence-electron chi connectivity index (χ0n) is 7.70. The number of benzene rings is 1. The predicted molar refractivity (Wildman–Crippen MR) is 55.4 cm³/mol. The zero-order valence-corrected chi connectivity index (χ0v) is 7.70. The summed E-state index contributed by atoms with van der Waals surface area (Å²) in [5.74, 6) is 0. The minimum atomic E-state index is 1.07. The van der Waals surface area contributed by atoms with Gasteiger partial charge in [0.1, 0.15) is 5.56 Å². The van der Waals surface area contributed by atoms with Gasteiger partial charge in [-0.1, -0.05) is 6.92 Å². The standard InChI is InChI=1S/C12H12N/c1-2-4-10-6-7-12-11(9-10)5-3-8-13-12/h3-9H,2H2,1H3/q+1. The Hall–Kier alpha value is -1.50. The molecule has 0 saturated heterocycles. The van der Waals surface area contributed by atoms with Crippen LogP contribution < -0.4 is 0 Å². The van der Waals surface area contributed by atoms with E-state index in [0.29, 0.717) is 0 Å². The second-order valence-corrected chi connectivity index (χ2v) is 3.07. The SMILES string of the molecule is CC[CH+]c1ccc2ncccc2c1. The lowest BCUT2D eigenvalue weighted by Gasteiger charge is -1.93. The van der Waals surface area contributed by atoms with Crippen molar-refractivity contribution in [3.05, 3.63) is 48.5 Å². The molecule has 0 aliphatic carbocycles. The van der Waals surface area contributed by atoms with Gasteiger partial charge in [0.15, 0.2) is 0 Å². The first-order valence-electron chi connectivity index (χ1n) is 4.58. The summed E-state index contributed by atoms with van der Waals surface area (Å²) >= 11 is 0. The highest BCUT2D eigenvalue weighted by Crippen LogP contribution is 2.15. The number of fused-ring (bicyclic) bond motifs is 1. The second-order valence-electron chi connectivity index (χ2n) is 3.07. The number of pyridine rings is 1. The lowest BCUT2D eigenvalue weighted by Crippen LogP contribution is -1.82. The molecule has 0 bridgehead atoms. The minimum absolute atomic E-state index is 1.07. The van der Waals surface area contributed by atoms with Crippen LogP contribution in [0.1, 0.15) is 18.9 Å². The van der Waals surface area contributed by atoms with E-state index < -0.39 is 0 Å². The summed E-state index contributed by atoms with van der Waals surface area (Å²) < 4.78 is 0. The summed E-state index contributed by atoms with van der Waals surface area (Å²) in [6.07, 6.45) is 5.11. The van der Waals surface area contributed by atoms with Crippen LogP contribution in [-0.4, -0.2) is 4.98 Å². The summed E-state index contributed by atoms with van der Waals surface area (Å²) in [4.78, 5) is 4.27. The van der Waals surface area contributed by atoms with Crippen LogP contribution in [-0.2, 0) is 0 Å². The molecule has 1 heteroatoms. The monoisotopic (exact) mass is 170 g/mol. The van der Waals surface area contributed by atoms with E-state index in [1.807, 2.05) is 12.3 Å². The molecule has 0 saturated carbocycles. The van der Waals surface area contributed by atoms with Crippen LogP contribution in [0.25, 0.3) is 10.9 Å². The topological polar surface area (TPSA) is 12.9 Å². The number of hydrogen-bond donors (Lipinski definition) is 0. The molecule has 0 radical (unpaired) electrons. The lowest BCUT2D eigenvalue weighted by molar-refractivity contribution is 1.12. The Bertz CT molecular complexity index is 407. The molecule has 64 valence electrons. The quantitative estimate of drug-likeness (QED) is 0.631. The van der Waals surface area contributed by atoms with Crippen molar-refractivity contribution < 1.29 is 0 Å². The third-order valence-electron chi connectivity index (χ3n) is 2.07. The van der Waals surface area contributed by atoms with Gasteiger partial charge < -0.3 is 0 Å². The Morgan fingerprint density at radius 3 is 3.08 bits per heavy atom. The third-order valence-corrected chi connectivity index (χ3v) is 2.07. The van der Waals surface area contributed by atoms with E-state index in [0.717, 1.165) is 11.9 Å². The highest BCUT2D eigenvalue weighted by Gasteiger charge is 2.02. The molecule has 1 aromatic heterocycles. The van der Waals surface area contributed by atoms with Gasteiger partial charge >= 0.3 is 0 Å². The largest absolute Gasteiger partial charge is 0.254 e. The lowest BCUT2D eigenvalue weighted by atomic mass is 10.1. The fourth-order valence-electron chi connectivity index (χ4n) is 1.46. The molecule has 2 aromatic rings. The molecule has 2 rings (SSSR count). The summed E-state index contributed by atoms with van der Waals surface area (Å²) in [5.41, 5.74) is 2.35. The van der Waals surface area contributed by atoms with Gasteiger partial charge in [0.25, 0.3) is 0 Å². The molecule has 0 unspecified atom stereocenters. The molecular formula is C12H12N+. The van der Waals surface area contributed by atoms with E-state index in [1.165, 1.54) is 10.9 Å². The molecular weight excluding hydrogens is 158 g/mol. The summed E-state index contributed by atoms with van der Waals surface area (Å²) in [7, 11) is 0. The van der Waals surface area contributed by atoms with Crippen LogP contribution in [0.15, 0.2) is 36.5 Å². The molecule has 1 nitrogen and oxygen atoms in total. The van der Waals surface area contributed by atoms with Gasteiger partial charge in [-0.15, -0.1) is 0 Å². The van der Waals surface area contributed by atoms with E-state index in [-0.39, 0.29) is 0 Å². The summed E-state index contributed by atoms with van der Waals surface area (Å²) in [6.45, 7) is 2.15. The third kappa shape index (κ3) is 1.64. The van der Waals surface area contributed by atoms with Gasteiger partial charge in [-0.2, -0.15) is 0 Å². The molecule has 0 fully saturated rings. The number of aromatic nitrogens is 1. The summed E-state index contributed by atoms with van der Waals surface area (Å²) in [5, 5.41) is 1.21. The van der Waals surface area contributed by atoms with Crippen LogP contribution in [0.4, 0.5) is 0 Å². The molecule has 1 aromatic carbocycles. The maximum absolute atomic E-state index is 4.27. The van der Waals surface area contributed by atoms with Gasteiger partial charge in [0, 0.05) is 31.2 Å². The van der Waals surface area contributed by atoms with Crippen molar-refractivity contribution in [2.45, 2.75) is 13.3 Å². The highest BCUT2D eigenvalue weighted by atomic mass is 14.6. The summed E-state index contributed by atoms with van der Waals surface area (Å²) in [6, 6.07) is 10.4. The Kier molecular flexibility index (Phi) is 2.17. The van der Waals surface area contributed by atoms with Gasteiger partial charge in [0.05, 0.1) is 17.0 Å². The number of nitrogens with zero attached hydrogens (tertiary/aromatic N) is 1. The molecule has 0 amide bonds. The van der Waals surface area contributed by atoms with Crippen molar-refractivity contribution in [2.24, 2.45) is 0 Å². The van der Waals surface area contributed by atoms with Crippen molar-refractivity contribution in [3.8, 4) is 0 Å². The molecule has 0 atom stereocenters. The smallest absolute Gasteiger partial charge is 0.130 e. The van der Waals surface area contributed by atoms with Crippen molar-refractivity contribution in [1.82, 2.24) is 4.98 Å². The van der Waals surface area contributed by atoms with Crippen molar-refractivity contribution in [3.63, 3.8) is 0 Å². The maximum Gasteiger partial charge on any atom is 0.130 e. The molecule has 0 aliphatic heterocycles. The average molecular weight is 170 g/mol. The van der Waals surface area contributed by atoms with Crippen molar-refractivity contribution in [2.75, 3.05) is 0 Å². The van der Waals surface area contributed by atoms with Gasteiger partial charge in [-0.3, -0.25) is 4.98 Å². The maximum atomic E-state index is 4.27. The van der Waals surface area contributed by atoms with Crippen LogP contribution in [0.5, 0.6) is 0 Å².